The third-order valence-corrected chi connectivity index (χ3v) is 6.99. The van der Waals surface area contributed by atoms with Crippen molar-refractivity contribution in [2.75, 3.05) is 11.1 Å². The Morgan fingerprint density at radius 2 is 2.24 bits per heavy atom. The highest BCUT2D eigenvalue weighted by molar-refractivity contribution is 8.77. The van der Waals surface area contributed by atoms with Gasteiger partial charge in [0.15, 0.2) is 6.10 Å². The Labute approximate surface area is 160 Å². The van der Waals surface area contributed by atoms with Crippen molar-refractivity contribution in [1.82, 2.24) is 0 Å². The van der Waals surface area contributed by atoms with Crippen molar-refractivity contribution in [1.29, 1.82) is 0 Å². The second kappa shape index (κ2) is 10.3. The number of nitrogens with one attached hydrogen (secondary N) is 1. The van der Waals surface area contributed by atoms with Gasteiger partial charge in [0.25, 0.3) is 5.91 Å². The van der Waals surface area contributed by atoms with E-state index in [1.165, 1.54) is 31.2 Å². The van der Waals surface area contributed by atoms with Crippen LogP contribution in [0.4, 0.5) is 10.1 Å². The van der Waals surface area contributed by atoms with Crippen molar-refractivity contribution < 1.29 is 18.7 Å². The van der Waals surface area contributed by atoms with E-state index in [1.807, 2.05) is 21.6 Å². The summed E-state index contributed by atoms with van der Waals surface area (Å²) < 4.78 is 18.8. The Bertz CT molecular complexity index is 612. The normalized spacial score (nSPS) is 18.0. The van der Waals surface area contributed by atoms with Crippen molar-refractivity contribution in [3.63, 3.8) is 0 Å². The van der Waals surface area contributed by atoms with E-state index in [4.69, 9.17) is 16.3 Å². The molecule has 0 aromatic heterocycles. The van der Waals surface area contributed by atoms with E-state index in [0.29, 0.717) is 5.25 Å². The molecule has 2 atom stereocenters. The van der Waals surface area contributed by atoms with Crippen LogP contribution in [0.15, 0.2) is 18.2 Å². The maximum atomic E-state index is 13.7. The number of hydrogen-bond donors (Lipinski definition) is 1. The quantitative estimate of drug-likeness (QED) is 0.372. The number of carbonyl (C=O) groups is 2. The van der Waals surface area contributed by atoms with Crippen LogP contribution in [0.25, 0.3) is 0 Å². The van der Waals surface area contributed by atoms with Gasteiger partial charge in [-0.3, -0.25) is 9.59 Å². The molecule has 2 rings (SSSR count). The molecular formula is C17H21ClFNO3S2. The lowest BCUT2D eigenvalue weighted by Gasteiger charge is -2.14. The molecule has 1 aromatic carbocycles. The van der Waals surface area contributed by atoms with E-state index in [1.54, 1.807) is 0 Å². The monoisotopic (exact) mass is 405 g/mol. The average molecular weight is 406 g/mol. The van der Waals surface area contributed by atoms with Crippen LogP contribution in [-0.4, -0.2) is 29.0 Å². The first-order valence-electron chi connectivity index (χ1n) is 8.19. The number of amides is 1. The highest BCUT2D eigenvalue weighted by Crippen LogP contribution is 2.39. The summed E-state index contributed by atoms with van der Waals surface area (Å²) in [5, 5.41) is 3.33. The van der Waals surface area contributed by atoms with E-state index in [2.05, 4.69) is 5.32 Å². The largest absolute Gasteiger partial charge is 0.453 e. The van der Waals surface area contributed by atoms with Gasteiger partial charge in [-0.05, 0) is 44.4 Å². The highest BCUT2D eigenvalue weighted by Gasteiger charge is 2.20. The predicted molar refractivity (Wildman–Crippen MR) is 103 cm³/mol. The summed E-state index contributed by atoms with van der Waals surface area (Å²) >= 11 is 5.66. The summed E-state index contributed by atoms with van der Waals surface area (Å²) in [6, 6.07) is 3.94. The molecule has 8 heteroatoms. The van der Waals surface area contributed by atoms with Gasteiger partial charge in [0.1, 0.15) is 5.82 Å². The van der Waals surface area contributed by atoms with Crippen LogP contribution in [-0.2, 0) is 14.3 Å². The number of esters is 1. The number of carbonyl (C=O) groups excluding carboxylic acids is 2. The van der Waals surface area contributed by atoms with Crippen LogP contribution < -0.4 is 5.32 Å². The van der Waals surface area contributed by atoms with Gasteiger partial charge in [-0.25, -0.2) is 4.39 Å². The molecule has 0 radical (unpaired) electrons. The minimum Gasteiger partial charge on any atom is -0.453 e. The molecular weight excluding hydrogens is 385 g/mol. The summed E-state index contributed by atoms with van der Waals surface area (Å²) in [6.45, 7) is 1.47. The molecule has 0 bridgehead atoms. The van der Waals surface area contributed by atoms with E-state index in [-0.39, 0.29) is 17.1 Å². The molecule has 4 nitrogen and oxygen atoms in total. The van der Waals surface area contributed by atoms with Crippen LogP contribution in [0.3, 0.4) is 0 Å². The number of ether oxygens (including phenoxy) is 1. The Hall–Kier alpha value is -0.920. The van der Waals surface area contributed by atoms with E-state index in [0.717, 1.165) is 25.3 Å². The minimum absolute atomic E-state index is 0.00392. The summed E-state index contributed by atoms with van der Waals surface area (Å²) in [4.78, 5) is 23.8. The van der Waals surface area contributed by atoms with Crippen LogP contribution in [0.5, 0.6) is 0 Å². The van der Waals surface area contributed by atoms with E-state index in [9.17, 15) is 14.0 Å². The second-order valence-electron chi connectivity index (χ2n) is 5.82. The molecule has 25 heavy (non-hydrogen) atoms. The Kier molecular flexibility index (Phi) is 8.39. The molecule has 0 saturated carbocycles. The van der Waals surface area contributed by atoms with E-state index < -0.39 is 23.8 Å². The third kappa shape index (κ3) is 7.07. The zero-order chi connectivity index (χ0) is 18.2. The van der Waals surface area contributed by atoms with Gasteiger partial charge >= 0.3 is 5.97 Å². The number of rotatable bonds is 8. The number of unbranched alkanes of at least 4 members (excludes halogenated alkanes) is 1. The summed E-state index contributed by atoms with van der Waals surface area (Å²) in [5.74, 6) is -0.415. The minimum atomic E-state index is -0.982. The molecule has 0 aliphatic carbocycles. The molecule has 1 aliphatic heterocycles. The smallest absolute Gasteiger partial charge is 0.306 e. The van der Waals surface area contributed by atoms with Gasteiger partial charge in [0.2, 0.25) is 0 Å². The standard InChI is InChI=1S/C17H21ClFNO3S2/c1-11(17(22)20-15-7-6-12(18)10-14(15)19)23-16(21)5-3-2-4-13-8-9-24-25-13/h6-7,10-11,13H,2-5,8-9H2,1H3,(H,20,22)/t11-,13+/m1/s1. The number of halogens is 2. The van der Waals surface area contributed by atoms with Crippen molar-refractivity contribution in [3.05, 3.63) is 29.0 Å². The fraction of sp³-hybridized carbons (Fsp3) is 0.529. The fourth-order valence-electron chi connectivity index (χ4n) is 2.34. The third-order valence-electron chi connectivity index (χ3n) is 3.75. The Morgan fingerprint density at radius 3 is 2.92 bits per heavy atom. The zero-order valence-electron chi connectivity index (χ0n) is 13.9. The first-order valence-corrected chi connectivity index (χ1v) is 11.0. The molecule has 1 amide bonds. The molecule has 0 spiro atoms. The first-order chi connectivity index (χ1) is 12.0. The van der Waals surface area contributed by atoms with Crippen molar-refractivity contribution in [3.8, 4) is 0 Å². The SMILES string of the molecule is C[C@@H](OC(=O)CCCC[C@H]1CCSS1)C(=O)Nc1ccc(Cl)cc1F. The van der Waals surface area contributed by atoms with Crippen molar-refractivity contribution >= 4 is 50.8 Å². The van der Waals surface area contributed by atoms with Crippen molar-refractivity contribution in [2.45, 2.75) is 50.4 Å². The average Bonchev–Trinajstić information content (AvgIpc) is 3.07. The van der Waals surface area contributed by atoms with E-state index >= 15 is 0 Å². The maximum Gasteiger partial charge on any atom is 0.306 e. The summed E-state index contributed by atoms with van der Waals surface area (Å²) in [7, 11) is 3.83. The zero-order valence-corrected chi connectivity index (χ0v) is 16.3. The number of anilines is 1. The molecule has 1 aliphatic rings. The first kappa shape index (κ1) is 20.4. The van der Waals surface area contributed by atoms with Gasteiger partial charge in [0, 0.05) is 22.4 Å². The lowest BCUT2D eigenvalue weighted by atomic mass is 10.1. The fourth-order valence-corrected chi connectivity index (χ4v) is 5.53. The lowest BCUT2D eigenvalue weighted by Crippen LogP contribution is -2.30. The summed E-state index contributed by atoms with van der Waals surface area (Å²) in [6.07, 6.45) is 3.38. The van der Waals surface area contributed by atoms with Gasteiger partial charge in [-0.15, -0.1) is 0 Å². The molecule has 1 aromatic rings. The van der Waals surface area contributed by atoms with Gasteiger partial charge in [-0.2, -0.15) is 0 Å². The molecule has 1 saturated heterocycles. The van der Waals surface area contributed by atoms with Crippen molar-refractivity contribution in [2.24, 2.45) is 0 Å². The Morgan fingerprint density at radius 1 is 1.44 bits per heavy atom. The maximum absolute atomic E-state index is 13.7. The van der Waals surface area contributed by atoms with Gasteiger partial charge in [-0.1, -0.05) is 39.6 Å². The Balaban J connectivity index is 1.67. The van der Waals surface area contributed by atoms with Gasteiger partial charge < -0.3 is 10.1 Å². The van der Waals surface area contributed by atoms with Crippen LogP contribution in [0.2, 0.25) is 5.02 Å². The molecule has 138 valence electrons. The van der Waals surface area contributed by atoms with Crippen LogP contribution >= 0.6 is 33.2 Å². The summed E-state index contributed by atoms with van der Waals surface area (Å²) in [5.41, 5.74) is 0.00392. The molecule has 1 heterocycles. The van der Waals surface area contributed by atoms with Gasteiger partial charge in [0.05, 0.1) is 5.69 Å². The molecule has 1 N–H and O–H groups in total. The topological polar surface area (TPSA) is 55.4 Å². The molecule has 1 fully saturated rings. The second-order valence-corrected chi connectivity index (χ2v) is 9.04. The highest BCUT2D eigenvalue weighted by atomic mass is 35.5. The number of hydrogen-bond acceptors (Lipinski definition) is 5. The molecule has 0 unspecified atom stereocenters. The number of benzene rings is 1. The predicted octanol–water partition coefficient (Wildman–Crippen LogP) is 5.06. The lowest BCUT2D eigenvalue weighted by molar-refractivity contribution is -0.153. The van der Waals surface area contributed by atoms with Crippen LogP contribution in [0.1, 0.15) is 39.0 Å². The van der Waals surface area contributed by atoms with Crippen LogP contribution in [0, 0.1) is 5.82 Å².